The van der Waals surface area contributed by atoms with Crippen molar-refractivity contribution in [2.75, 3.05) is 12.4 Å². The van der Waals surface area contributed by atoms with Crippen LogP contribution in [-0.2, 0) is 13.0 Å². The van der Waals surface area contributed by atoms with Crippen molar-refractivity contribution >= 4 is 40.3 Å². The number of benzene rings is 1. The fourth-order valence-corrected chi connectivity index (χ4v) is 2.08. The van der Waals surface area contributed by atoms with E-state index in [2.05, 4.69) is 54.1 Å². The van der Waals surface area contributed by atoms with E-state index in [9.17, 15) is 0 Å². The van der Waals surface area contributed by atoms with Crippen molar-refractivity contribution in [2.45, 2.75) is 26.8 Å². The van der Waals surface area contributed by atoms with Crippen LogP contribution in [0, 0.1) is 6.92 Å². The molecule has 5 N–H and O–H groups in total. The lowest BCUT2D eigenvalue weighted by Gasteiger charge is -2.11. The van der Waals surface area contributed by atoms with Crippen LogP contribution in [0.15, 0.2) is 41.0 Å². The summed E-state index contributed by atoms with van der Waals surface area (Å²) in [6.45, 7) is 4.86. The molecule has 0 bridgehead atoms. The van der Waals surface area contributed by atoms with Gasteiger partial charge in [0.1, 0.15) is 5.76 Å². The number of hydrogen-bond acceptors (Lipinski definition) is 3. The quantitative estimate of drug-likeness (QED) is 0.621. The topological polar surface area (TPSA) is 75.2 Å². The van der Waals surface area contributed by atoms with E-state index in [1.54, 1.807) is 13.3 Å². The SMILES string of the molecule is CCc1cc(NC(=S)NCc2ccco2)ccc1C.CNC(N)=S. The second kappa shape index (κ2) is 10.6. The molecule has 130 valence electrons. The third kappa shape index (κ3) is 7.43. The van der Waals surface area contributed by atoms with E-state index in [1.165, 1.54) is 11.1 Å². The van der Waals surface area contributed by atoms with Gasteiger partial charge in [-0.15, -0.1) is 0 Å². The Labute approximate surface area is 154 Å². The van der Waals surface area contributed by atoms with E-state index >= 15 is 0 Å². The van der Waals surface area contributed by atoms with Crippen molar-refractivity contribution in [3.05, 3.63) is 53.5 Å². The number of anilines is 1. The largest absolute Gasteiger partial charge is 0.467 e. The van der Waals surface area contributed by atoms with Crippen LogP contribution in [0.2, 0.25) is 0 Å². The molecule has 0 amide bonds. The number of thiocarbonyl (C=S) groups is 2. The molecule has 0 fully saturated rings. The first-order valence-corrected chi connectivity index (χ1v) is 8.41. The van der Waals surface area contributed by atoms with E-state index in [0.717, 1.165) is 17.9 Å². The minimum absolute atomic E-state index is 0.338. The van der Waals surface area contributed by atoms with E-state index in [-0.39, 0.29) is 0 Å². The molecule has 1 heterocycles. The molecule has 0 radical (unpaired) electrons. The average molecular weight is 365 g/mol. The van der Waals surface area contributed by atoms with Crippen LogP contribution in [0.1, 0.15) is 23.8 Å². The van der Waals surface area contributed by atoms with Crippen molar-refractivity contribution in [3.63, 3.8) is 0 Å². The summed E-state index contributed by atoms with van der Waals surface area (Å²) in [4.78, 5) is 0. The van der Waals surface area contributed by atoms with Crippen molar-refractivity contribution in [1.29, 1.82) is 0 Å². The zero-order valence-electron chi connectivity index (χ0n) is 14.2. The minimum atomic E-state index is 0.338. The molecule has 1 aromatic heterocycles. The predicted octanol–water partition coefficient (Wildman–Crippen LogP) is 3.09. The summed E-state index contributed by atoms with van der Waals surface area (Å²) in [6.07, 6.45) is 2.68. The fraction of sp³-hybridized carbons (Fsp3) is 0.294. The van der Waals surface area contributed by atoms with Crippen LogP contribution in [0.25, 0.3) is 0 Å². The third-order valence-electron chi connectivity index (χ3n) is 3.24. The molecule has 0 saturated heterocycles. The lowest BCUT2D eigenvalue weighted by Crippen LogP contribution is -2.27. The Bertz CT molecular complexity index is 657. The smallest absolute Gasteiger partial charge is 0.171 e. The molecule has 24 heavy (non-hydrogen) atoms. The van der Waals surface area contributed by atoms with Crippen molar-refractivity contribution in [2.24, 2.45) is 5.73 Å². The number of aryl methyl sites for hydroxylation is 2. The molecule has 0 saturated carbocycles. The second-order valence-electron chi connectivity index (χ2n) is 5.00. The van der Waals surface area contributed by atoms with Gasteiger partial charge in [-0.2, -0.15) is 0 Å². The molecule has 0 spiro atoms. The molecule has 0 unspecified atom stereocenters. The Morgan fingerprint density at radius 3 is 2.50 bits per heavy atom. The third-order valence-corrected chi connectivity index (χ3v) is 3.69. The van der Waals surface area contributed by atoms with Crippen LogP contribution in [0.5, 0.6) is 0 Å². The van der Waals surface area contributed by atoms with Crippen LogP contribution < -0.4 is 21.7 Å². The molecular formula is C17H24N4OS2. The number of rotatable bonds is 4. The first kappa shape index (κ1) is 19.9. The first-order chi connectivity index (χ1) is 11.5. The van der Waals surface area contributed by atoms with Gasteiger partial charge in [-0.3, -0.25) is 0 Å². The molecule has 5 nitrogen and oxygen atoms in total. The maximum Gasteiger partial charge on any atom is 0.171 e. The van der Waals surface area contributed by atoms with Gasteiger partial charge in [0.05, 0.1) is 12.8 Å². The van der Waals surface area contributed by atoms with Crippen molar-refractivity contribution < 1.29 is 4.42 Å². The van der Waals surface area contributed by atoms with Gasteiger partial charge >= 0.3 is 0 Å². The van der Waals surface area contributed by atoms with Gasteiger partial charge < -0.3 is 26.1 Å². The van der Waals surface area contributed by atoms with Crippen LogP contribution >= 0.6 is 24.4 Å². The highest BCUT2D eigenvalue weighted by atomic mass is 32.1. The monoisotopic (exact) mass is 364 g/mol. The maximum absolute atomic E-state index is 5.26. The number of nitrogens with two attached hydrogens (primary N) is 1. The first-order valence-electron chi connectivity index (χ1n) is 7.60. The zero-order valence-corrected chi connectivity index (χ0v) is 15.8. The normalized spacial score (nSPS) is 9.46. The molecule has 7 heteroatoms. The van der Waals surface area contributed by atoms with E-state index in [0.29, 0.717) is 16.8 Å². The number of furan rings is 1. The van der Waals surface area contributed by atoms with Gasteiger partial charge in [-0.05, 0) is 73.2 Å². The van der Waals surface area contributed by atoms with Gasteiger partial charge in [-0.25, -0.2) is 0 Å². The van der Waals surface area contributed by atoms with Crippen molar-refractivity contribution in [1.82, 2.24) is 10.6 Å². The molecule has 2 rings (SSSR count). The molecule has 2 aromatic rings. The summed E-state index contributed by atoms with van der Waals surface area (Å²) in [6, 6.07) is 10.1. The minimum Gasteiger partial charge on any atom is -0.467 e. The molecule has 0 aliphatic heterocycles. The lowest BCUT2D eigenvalue weighted by molar-refractivity contribution is 0.503. The maximum atomic E-state index is 5.26. The highest BCUT2D eigenvalue weighted by molar-refractivity contribution is 7.80. The highest BCUT2D eigenvalue weighted by Crippen LogP contribution is 2.15. The molecule has 0 aliphatic carbocycles. The Morgan fingerprint density at radius 2 is 1.96 bits per heavy atom. The summed E-state index contributed by atoms with van der Waals surface area (Å²) in [7, 11) is 1.68. The zero-order chi connectivity index (χ0) is 17.9. The summed E-state index contributed by atoms with van der Waals surface area (Å²) in [5, 5.41) is 9.77. The highest BCUT2D eigenvalue weighted by Gasteiger charge is 2.02. The number of hydrogen-bond donors (Lipinski definition) is 4. The van der Waals surface area contributed by atoms with E-state index in [4.69, 9.17) is 22.4 Å². The molecular weight excluding hydrogens is 340 g/mol. The Kier molecular flexibility index (Phi) is 8.81. The summed E-state index contributed by atoms with van der Waals surface area (Å²) < 4.78 is 5.24. The summed E-state index contributed by atoms with van der Waals surface area (Å²) in [5.74, 6) is 0.863. The Hall–Kier alpha value is -2.12. The standard InChI is InChI=1S/C15H18N2OS.C2H6N2S/c1-3-12-9-13(7-6-11(12)2)17-15(19)16-10-14-5-4-8-18-14;1-4-2(3)5/h4-9H,3,10H2,1-2H3,(H2,16,17,19);1H3,(H3,3,4,5). The van der Waals surface area contributed by atoms with Crippen molar-refractivity contribution in [3.8, 4) is 0 Å². The lowest BCUT2D eigenvalue weighted by atomic mass is 10.1. The van der Waals surface area contributed by atoms with Gasteiger partial charge in [0.15, 0.2) is 10.2 Å². The molecule has 0 aliphatic rings. The van der Waals surface area contributed by atoms with Crippen LogP contribution in [0.4, 0.5) is 5.69 Å². The van der Waals surface area contributed by atoms with Gasteiger partial charge in [0.25, 0.3) is 0 Å². The number of nitrogens with one attached hydrogen (secondary N) is 3. The Balaban J connectivity index is 0.000000505. The molecule has 0 atom stereocenters. The van der Waals surface area contributed by atoms with Crippen LogP contribution in [-0.4, -0.2) is 17.3 Å². The summed E-state index contributed by atoms with van der Waals surface area (Å²) in [5.41, 5.74) is 8.57. The average Bonchev–Trinajstić information content (AvgIpc) is 3.08. The fourth-order valence-electron chi connectivity index (χ4n) is 1.89. The van der Waals surface area contributed by atoms with E-state index in [1.807, 2.05) is 18.2 Å². The summed E-state index contributed by atoms with van der Waals surface area (Å²) >= 11 is 9.62. The van der Waals surface area contributed by atoms with E-state index < -0.39 is 0 Å². The van der Waals surface area contributed by atoms with Gasteiger partial charge in [-0.1, -0.05) is 13.0 Å². The Morgan fingerprint density at radius 1 is 1.25 bits per heavy atom. The van der Waals surface area contributed by atoms with Gasteiger partial charge in [0, 0.05) is 12.7 Å². The predicted molar refractivity (Wildman–Crippen MR) is 108 cm³/mol. The molecule has 1 aromatic carbocycles. The van der Waals surface area contributed by atoms with Gasteiger partial charge in [0.2, 0.25) is 0 Å². The van der Waals surface area contributed by atoms with Crippen LogP contribution in [0.3, 0.4) is 0 Å². The second-order valence-corrected chi connectivity index (χ2v) is 5.84.